The van der Waals surface area contributed by atoms with Crippen molar-refractivity contribution in [2.75, 3.05) is 13.6 Å². The maximum Gasteiger partial charge on any atom is 0.159 e. The quantitative estimate of drug-likeness (QED) is 0.835. The molecule has 0 radical (unpaired) electrons. The Kier molecular flexibility index (Phi) is 4.63. The smallest absolute Gasteiger partial charge is 0.159 e. The summed E-state index contributed by atoms with van der Waals surface area (Å²) in [6.07, 6.45) is 2.15. The predicted molar refractivity (Wildman–Crippen MR) is 79.2 cm³/mol. The molecule has 0 aliphatic heterocycles. The van der Waals surface area contributed by atoms with Crippen LogP contribution in [0.4, 0.5) is 0 Å². The van der Waals surface area contributed by atoms with E-state index in [1.165, 1.54) is 5.56 Å². The molecular formula is C16H21N3. The average molecular weight is 255 g/mol. The fraction of sp³-hybridized carbons (Fsp3) is 0.375. The lowest BCUT2D eigenvalue weighted by atomic mass is 10.1. The number of benzene rings is 1. The van der Waals surface area contributed by atoms with Gasteiger partial charge in [0.1, 0.15) is 0 Å². The summed E-state index contributed by atoms with van der Waals surface area (Å²) in [6.45, 7) is 5.19. The zero-order chi connectivity index (χ0) is 13.7. The summed E-state index contributed by atoms with van der Waals surface area (Å²) in [5.41, 5.74) is 4.57. The minimum absolute atomic E-state index is 0.827. The van der Waals surface area contributed by atoms with Crippen LogP contribution in [0.5, 0.6) is 0 Å². The molecule has 3 heteroatoms. The van der Waals surface area contributed by atoms with Crippen LogP contribution in [-0.2, 0) is 6.42 Å². The van der Waals surface area contributed by atoms with E-state index in [0.717, 1.165) is 42.2 Å². The highest BCUT2D eigenvalue weighted by Crippen LogP contribution is 2.19. The van der Waals surface area contributed by atoms with E-state index in [2.05, 4.69) is 41.3 Å². The van der Waals surface area contributed by atoms with Crippen molar-refractivity contribution >= 4 is 0 Å². The zero-order valence-corrected chi connectivity index (χ0v) is 11.9. The lowest BCUT2D eigenvalue weighted by Gasteiger charge is -2.11. The fourth-order valence-corrected chi connectivity index (χ4v) is 2.26. The summed E-state index contributed by atoms with van der Waals surface area (Å²) >= 11 is 0. The van der Waals surface area contributed by atoms with Crippen LogP contribution in [0.3, 0.4) is 0 Å². The van der Waals surface area contributed by atoms with Crippen molar-refractivity contribution in [3.8, 4) is 11.4 Å². The van der Waals surface area contributed by atoms with Gasteiger partial charge in [-0.3, -0.25) is 0 Å². The van der Waals surface area contributed by atoms with Gasteiger partial charge >= 0.3 is 0 Å². The second-order valence-corrected chi connectivity index (χ2v) is 4.77. The van der Waals surface area contributed by atoms with Gasteiger partial charge in [-0.1, -0.05) is 30.3 Å². The van der Waals surface area contributed by atoms with E-state index in [4.69, 9.17) is 0 Å². The van der Waals surface area contributed by atoms with E-state index in [9.17, 15) is 0 Å². The lowest BCUT2D eigenvalue weighted by Crippen LogP contribution is -2.10. The van der Waals surface area contributed by atoms with Gasteiger partial charge in [0.2, 0.25) is 0 Å². The van der Waals surface area contributed by atoms with Gasteiger partial charge in [0.25, 0.3) is 0 Å². The van der Waals surface area contributed by atoms with Crippen LogP contribution in [0.15, 0.2) is 30.3 Å². The van der Waals surface area contributed by atoms with E-state index >= 15 is 0 Å². The molecule has 0 spiro atoms. The van der Waals surface area contributed by atoms with Crippen LogP contribution >= 0.6 is 0 Å². The van der Waals surface area contributed by atoms with Gasteiger partial charge in [-0.05, 0) is 45.8 Å². The third-order valence-corrected chi connectivity index (χ3v) is 3.31. The average Bonchev–Trinajstić information content (AvgIpc) is 2.43. The molecule has 1 heterocycles. The standard InChI is InChI=1S/C16H21N3/c1-12-15(10-7-11-17-3)13(2)19-16(18-12)14-8-5-4-6-9-14/h4-6,8-9,17H,7,10-11H2,1-3H3. The highest BCUT2D eigenvalue weighted by Gasteiger charge is 2.09. The van der Waals surface area contributed by atoms with Gasteiger partial charge in [-0.2, -0.15) is 0 Å². The Morgan fingerprint density at radius 2 is 1.63 bits per heavy atom. The normalized spacial score (nSPS) is 10.7. The molecule has 1 aromatic heterocycles. The molecule has 0 fully saturated rings. The van der Waals surface area contributed by atoms with Crippen molar-refractivity contribution in [1.29, 1.82) is 0 Å². The highest BCUT2D eigenvalue weighted by molar-refractivity contribution is 5.55. The van der Waals surface area contributed by atoms with Gasteiger partial charge in [-0.15, -0.1) is 0 Å². The lowest BCUT2D eigenvalue weighted by molar-refractivity contribution is 0.715. The predicted octanol–water partition coefficient (Wildman–Crippen LogP) is 2.91. The molecule has 0 amide bonds. The molecule has 0 saturated carbocycles. The molecular weight excluding hydrogens is 234 g/mol. The Morgan fingerprint density at radius 1 is 1.00 bits per heavy atom. The topological polar surface area (TPSA) is 37.8 Å². The third-order valence-electron chi connectivity index (χ3n) is 3.31. The van der Waals surface area contributed by atoms with Gasteiger partial charge in [0, 0.05) is 17.0 Å². The molecule has 19 heavy (non-hydrogen) atoms. The number of nitrogens with one attached hydrogen (secondary N) is 1. The Morgan fingerprint density at radius 3 is 2.21 bits per heavy atom. The molecule has 0 atom stereocenters. The number of aryl methyl sites for hydroxylation is 2. The van der Waals surface area contributed by atoms with Crippen LogP contribution < -0.4 is 5.32 Å². The molecule has 0 saturated heterocycles. The number of aromatic nitrogens is 2. The maximum absolute atomic E-state index is 4.65. The molecule has 0 aliphatic rings. The summed E-state index contributed by atoms with van der Waals surface area (Å²) in [5, 5.41) is 3.17. The molecule has 100 valence electrons. The molecule has 3 nitrogen and oxygen atoms in total. The Balaban J connectivity index is 2.26. The Labute approximate surface area is 115 Å². The molecule has 0 bridgehead atoms. The number of nitrogens with zero attached hydrogens (tertiary/aromatic N) is 2. The molecule has 2 rings (SSSR count). The monoisotopic (exact) mass is 255 g/mol. The van der Waals surface area contributed by atoms with Crippen molar-refractivity contribution in [2.24, 2.45) is 0 Å². The first-order valence-corrected chi connectivity index (χ1v) is 6.76. The van der Waals surface area contributed by atoms with Crippen LogP contribution in [0.2, 0.25) is 0 Å². The van der Waals surface area contributed by atoms with Crippen LogP contribution in [0.1, 0.15) is 23.4 Å². The van der Waals surface area contributed by atoms with Gasteiger partial charge in [0.05, 0.1) is 0 Å². The van der Waals surface area contributed by atoms with Crippen molar-refractivity contribution in [3.05, 3.63) is 47.3 Å². The van der Waals surface area contributed by atoms with E-state index in [-0.39, 0.29) is 0 Å². The number of hydrogen-bond donors (Lipinski definition) is 1. The minimum atomic E-state index is 0.827. The zero-order valence-electron chi connectivity index (χ0n) is 11.9. The Bertz CT molecular complexity index is 512. The van der Waals surface area contributed by atoms with Crippen LogP contribution in [0, 0.1) is 13.8 Å². The molecule has 0 aliphatic carbocycles. The van der Waals surface area contributed by atoms with E-state index in [1.54, 1.807) is 0 Å². The molecule has 2 aromatic rings. The van der Waals surface area contributed by atoms with Crippen molar-refractivity contribution in [2.45, 2.75) is 26.7 Å². The maximum atomic E-state index is 4.65. The van der Waals surface area contributed by atoms with Crippen molar-refractivity contribution in [1.82, 2.24) is 15.3 Å². The SMILES string of the molecule is CNCCCc1c(C)nc(-c2ccccc2)nc1C. The molecule has 0 unspecified atom stereocenters. The third kappa shape index (κ3) is 3.38. The largest absolute Gasteiger partial charge is 0.320 e. The second-order valence-electron chi connectivity index (χ2n) is 4.77. The fourth-order valence-electron chi connectivity index (χ4n) is 2.26. The van der Waals surface area contributed by atoms with Gasteiger partial charge < -0.3 is 5.32 Å². The highest BCUT2D eigenvalue weighted by atomic mass is 14.9. The van der Waals surface area contributed by atoms with Crippen molar-refractivity contribution in [3.63, 3.8) is 0 Å². The summed E-state index contributed by atoms with van der Waals surface area (Å²) in [7, 11) is 1.98. The summed E-state index contributed by atoms with van der Waals surface area (Å²) < 4.78 is 0. The summed E-state index contributed by atoms with van der Waals surface area (Å²) in [4.78, 5) is 9.30. The van der Waals surface area contributed by atoms with Crippen LogP contribution in [0.25, 0.3) is 11.4 Å². The van der Waals surface area contributed by atoms with Gasteiger partial charge in [0.15, 0.2) is 5.82 Å². The summed E-state index contributed by atoms with van der Waals surface area (Å²) in [6, 6.07) is 10.1. The minimum Gasteiger partial charge on any atom is -0.320 e. The second kappa shape index (κ2) is 6.43. The van der Waals surface area contributed by atoms with Crippen LogP contribution in [-0.4, -0.2) is 23.6 Å². The van der Waals surface area contributed by atoms with E-state index < -0.39 is 0 Å². The molecule has 1 aromatic carbocycles. The first-order valence-electron chi connectivity index (χ1n) is 6.76. The molecule has 1 N–H and O–H groups in total. The van der Waals surface area contributed by atoms with Gasteiger partial charge in [-0.25, -0.2) is 9.97 Å². The van der Waals surface area contributed by atoms with E-state index in [0.29, 0.717) is 0 Å². The first-order chi connectivity index (χ1) is 9.22. The summed E-state index contributed by atoms with van der Waals surface area (Å²) in [5.74, 6) is 0.827. The Hall–Kier alpha value is -1.74. The van der Waals surface area contributed by atoms with E-state index in [1.807, 2.05) is 25.2 Å². The number of hydrogen-bond acceptors (Lipinski definition) is 3. The number of rotatable bonds is 5. The van der Waals surface area contributed by atoms with Crippen molar-refractivity contribution < 1.29 is 0 Å². The first kappa shape index (κ1) is 13.7.